The molecule has 2 aromatic carbocycles. The van der Waals surface area contributed by atoms with Crippen LogP contribution in [0.3, 0.4) is 0 Å². The van der Waals surface area contributed by atoms with Crippen molar-refractivity contribution in [1.82, 2.24) is 4.90 Å². The SMILES string of the molecule is CC(C)OCCN1C(=O)C(O)=C(C(=O)c2cc3cc(Br)ccc3o2)C1c1ccccc1. The molecular formula is C24H22BrNO5. The number of aliphatic hydroxyl groups is 1. The second-order valence-corrected chi connectivity index (χ2v) is 8.53. The number of amides is 1. The maximum atomic E-state index is 13.4. The summed E-state index contributed by atoms with van der Waals surface area (Å²) in [6.45, 7) is 4.35. The third-order valence-corrected chi connectivity index (χ3v) is 5.64. The van der Waals surface area contributed by atoms with Crippen molar-refractivity contribution >= 4 is 38.6 Å². The van der Waals surface area contributed by atoms with Crippen LogP contribution < -0.4 is 0 Å². The summed E-state index contributed by atoms with van der Waals surface area (Å²) in [6.07, 6.45) is 0.00501. The number of hydrogen-bond donors (Lipinski definition) is 1. The molecule has 4 rings (SSSR count). The minimum Gasteiger partial charge on any atom is -0.503 e. The van der Waals surface area contributed by atoms with Gasteiger partial charge < -0.3 is 19.2 Å². The van der Waals surface area contributed by atoms with Crippen molar-refractivity contribution in [3.8, 4) is 0 Å². The predicted octanol–water partition coefficient (Wildman–Crippen LogP) is 5.20. The van der Waals surface area contributed by atoms with E-state index in [1.807, 2.05) is 56.3 Å². The number of furan rings is 1. The lowest BCUT2D eigenvalue weighted by atomic mass is 9.95. The lowest BCUT2D eigenvalue weighted by molar-refractivity contribution is -0.130. The number of hydrogen-bond acceptors (Lipinski definition) is 5. The van der Waals surface area contributed by atoms with E-state index in [2.05, 4.69) is 15.9 Å². The number of halogens is 1. The molecular weight excluding hydrogens is 462 g/mol. The molecule has 160 valence electrons. The summed E-state index contributed by atoms with van der Waals surface area (Å²) < 4.78 is 12.2. The Morgan fingerprint density at radius 2 is 1.94 bits per heavy atom. The Morgan fingerprint density at radius 3 is 2.65 bits per heavy atom. The van der Waals surface area contributed by atoms with Crippen molar-refractivity contribution in [2.75, 3.05) is 13.2 Å². The highest BCUT2D eigenvalue weighted by atomic mass is 79.9. The van der Waals surface area contributed by atoms with E-state index in [9.17, 15) is 14.7 Å². The number of nitrogens with zero attached hydrogens (tertiary/aromatic N) is 1. The molecule has 1 aliphatic heterocycles. The summed E-state index contributed by atoms with van der Waals surface area (Å²) >= 11 is 3.41. The smallest absolute Gasteiger partial charge is 0.290 e. The number of aliphatic hydroxyl groups excluding tert-OH is 1. The minimum atomic E-state index is -0.725. The Morgan fingerprint density at radius 1 is 1.19 bits per heavy atom. The second-order valence-electron chi connectivity index (χ2n) is 7.62. The topological polar surface area (TPSA) is 80.0 Å². The molecule has 1 atom stereocenters. The quantitative estimate of drug-likeness (QED) is 0.467. The molecule has 0 fully saturated rings. The molecule has 1 aliphatic rings. The number of rotatable bonds is 7. The zero-order valence-corrected chi connectivity index (χ0v) is 18.8. The van der Waals surface area contributed by atoms with Crippen LogP contribution in [0.25, 0.3) is 11.0 Å². The summed E-state index contributed by atoms with van der Waals surface area (Å²) in [4.78, 5) is 27.8. The molecule has 0 saturated carbocycles. The average molecular weight is 484 g/mol. The Hall–Kier alpha value is -2.90. The van der Waals surface area contributed by atoms with Crippen molar-refractivity contribution in [2.45, 2.75) is 26.0 Å². The zero-order valence-electron chi connectivity index (χ0n) is 17.2. The Labute approximate surface area is 188 Å². The number of ketones is 1. The van der Waals surface area contributed by atoms with Crippen LogP contribution in [0.1, 0.15) is 36.0 Å². The highest BCUT2D eigenvalue weighted by molar-refractivity contribution is 9.10. The maximum absolute atomic E-state index is 13.4. The summed E-state index contributed by atoms with van der Waals surface area (Å²) in [5.74, 6) is -1.59. The van der Waals surface area contributed by atoms with Gasteiger partial charge in [0.05, 0.1) is 24.3 Å². The first-order valence-electron chi connectivity index (χ1n) is 10.0. The summed E-state index contributed by atoms with van der Waals surface area (Å²) in [5.41, 5.74) is 1.29. The maximum Gasteiger partial charge on any atom is 0.290 e. The third-order valence-electron chi connectivity index (χ3n) is 5.15. The van der Waals surface area contributed by atoms with Crippen LogP contribution in [-0.2, 0) is 9.53 Å². The van der Waals surface area contributed by atoms with Gasteiger partial charge in [-0.1, -0.05) is 46.3 Å². The number of fused-ring (bicyclic) bond motifs is 1. The first kappa shape index (κ1) is 21.3. The zero-order chi connectivity index (χ0) is 22.1. The van der Waals surface area contributed by atoms with Gasteiger partial charge in [0.2, 0.25) is 5.78 Å². The monoisotopic (exact) mass is 483 g/mol. The van der Waals surface area contributed by atoms with Crippen LogP contribution in [0.2, 0.25) is 0 Å². The fourth-order valence-corrected chi connectivity index (χ4v) is 4.12. The molecule has 1 aromatic heterocycles. The van der Waals surface area contributed by atoms with Crippen LogP contribution >= 0.6 is 15.9 Å². The van der Waals surface area contributed by atoms with E-state index in [1.165, 1.54) is 4.90 Å². The number of carbonyl (C=O) groups is 2. The van der Waals surface area contributed by atoms with E-state index < -0.39 is 23.5 Å². The van der Waals surface area contributed by atoms with E-state index in [0.29, 0.717) is 12.2 Å². The summed E-state index contributed by atoms with van der Waals surface area (Å²) in [7, 11) is 0. The van der Waals surface area contributed by atoms with Gasteiger partial charge in [0.25, 0.3) is 5.91 Å². The van der Waals surface area contributed by atoms with Crippen LogP contribution in [0.5, 0.6) is 0 Å². The van der Waals surface area contributed by atoms with Crippen LogP contribution in [0, 0.1) is 0 Å². The molecule has 1 amide bonds. The fraction of sp³-hybridized carbons (Fsp3) is 0.250. The van der Waals surface area contributed by atoms with Gasteiger partial charge in [-0.3, -0.25) is 9.59 Å². The fourth-order valence-electron chi connectivity index (χ4n) is 3.74. The van der Waals surface area contributed by atoms with E-state index in [4.69, 9.17) is 9.15 Å². The molecule has 0 radical (unpaired) electrons. The lowest BCUT2D eigenvalue weighted by Crippen LogP contribution is -2.34. The molecule has 6 nitrogen and oxygen atoms in total. The van der Waals surface area contributed by atoms with Gasteiger partial charge in [-0.25, -0.2) is 0 Å². The third kappa shape index (κ3) is 4.16. The van der Waals surface area contributed by atoms with Crippen molar-refractivity contribution in [1.29, 1.82) is 0 Å². The molecule has 0 bridgehead atoms. The van der Waals surface area contributed by atoms with Gasteiger partial charge in [-0.05, 0) is 43.7 Å². The first-order chi connectivity index (χ1) is 14.9. The van der Waals surface area contributed by atoms with Gasteiger partial charge in [-0.15, -0.1) is 0 Å². The number of carbonyl (C=O) groups excluding carboxylic acids is 2. The van der Waals surface area contributed by atoms with E-state index in [-0.39, 0.29) is 24.0 Å². The van der Waals surface area contributed by atoms with E-state index in [0.717, 1.165) is 15.4 Å². The second kappa shape index (κ2) is 8.69. The Balaban J connectivity index is 1.73. The molecule has 0 aliphatic carbocycles. The van der Waals surface area contributed by atoms with E-state index >= 15 is 0 Å². The first-order valence-corrected chi connectivity index (χ1v) is 10.8. The molecule has 7 heteroatoms. The van der Waals surface area contributed by atoms with Gasteiger partial charge in [0, 0.05) is 16.4 Å². The number of ether oxygens (including phenoxy) is 1. The summed E-state index contributed by atoms with van der Waals surface area (Å²) in [5, 5.41) is 11.4. The lowest BCUT2D eigenvalue weighted by Gasteiger charge is -2.27. The number of Topliss-reactive ketones (excluding diaryl/α,β-unsaturated/α-hetero) is 1. The van der Waals surface area contributed by atoms with Gasteiger partial charge >= 0.3 is 0 Å². The largest absolute Gasteiger partial charge is 0.503 e. The van der Waals surface area contributed by atoms with Crippen molar-refractivity contribution in [2.24, 2.45) is 0 Å². The molecule has 0 saturated heterocycles. The molecule has 2 heterocycles. The van der Waals surface area contributed by atoms with Crippen LogP contribution in [0.4, 0.5) is 0 Å². The molecule has 1 N–H and O–H groups in total. The van der Waals surface area contributed by atoms with Gasteiger partial charge in [0.1, 0.15) is 5.58 Å². The normalized spacial score (nSPS) is 16.7. The Kier molecular flexibility index (Phi) is 5.98. The van der Waals surface area contributed by atoms with Crippen molar-refractivity contribution in [3.05, 3.63) is 81.7 Å². The van der Waals surface area contributed by atoms with Crippen molar-refractivity contribution in [3.63, 3.8) is 0 Å². The van der Waals surface area contributed by atoms with Crippen LogP contribution in [0.15, 0.2) is 74.8 Å². The molecule has 0 spiro atoms. The van der Waals surface area contributed by atoms with E-state index in [1.54, 1.807) is 12.1 Å². The Bertz CT molecular complexity index is 1170. The number of benzene rings is 2. The van der Waals surface area contributed by atoms with Gasteiger partial charge in [0.15, 0.2) is 11.5 Å². The molecule has 31 heavy (non-hydrogen) atoms. The van der Waals surface area contributed by atoms with Crippen LogP contribution in [-0.4, -0.2) is 41.0 Å². The molecule has 1 unspecified atom stereocenters. The minimum absolute atomic E-state index is 0.00501. The standard InChI is InChI=1S/C24H22BrNO5/c1-14(2)30-11-10-26-21(15-6-4-3-5-7-15)20(23(28)24(26)29)22(27)19-13-16-12-17(25)8-9-18(16)31-19/h3-9,12-14,21,28H,10-11H2,1-2H3. The molecule has 3 aromatic rings. The van der Waals surface area contributed by atoms with Gasteiger partial charge in [-0.2, -0.15) is 0 Å². The highest BCUT2D eigenvalue weighted by Crippen LogP contribution is 2.39. The predicted molar refractivity (Wildman–Crippen MR) is 120 cm³/mol. The van der Waals surface area contributed by atoms with Crippen molar-refractivity contribution < 1.29 is 23.8 Å². The average Bonchev–Trinajstić information content (AvgIpc) is 3.27. The summed E-state index contributed by atoms with van der Waals surface area (Å²) in [6, 6.07) is 15.5. The highest BCUT2D eigenvalue weighted by Gasteiger charge is 2.44.